The first-order chi connectivity index (χ1) is 16.4. The third-order valence-corrected chi connectivity index (χ3v) is 7.67. The fourth-order valence-corrected chi connectivity index (χ4v) is 5.45. The van der Waals surface area contributed by atoms with Crippen LogP contribution in [0.2, 0.25) is 0 Å². The van der Waals surface area contributed by atoms with Crippen LogP contribution in [-0.4, -0.2) is 72.8 Å². The Balaban J connectivity index is 1.44. The Morgan fingerprint density at radius 1 is 1.09 bits per heavy atom. The van der Waals surface area contributed by atoms with Crippen molar-refractivity contribution >= 4 is 34.6 Å². The summed E-state index contributed by atoms with van der Waals surface area (Å²) in [6, 6.07) is 6.78. The van der Waals surface area contributed by atoms with E-state index in [-0.39, 0.29) is 11.8 Å². The quantitative estimate of drug-likeness (QED) is 0.588. The van der Waals surface area contributed by atoms with Crippen molar-refractivity contribution in [2.24, 2.45) is 0 Å². The van der Waals surface area contributed by atoms with Gasteiger partial charge in [0.2, 0.25) is 5.91 Å². The van der Waals surface area contributed by atoms with Crippen molar-refractivity contribution in [2.45, 2.75) is 50.6 Å². The molecule has 1 saturated carbocycles. The number of piperazine rings is 1. The molecule has 2 amide bonds. The molecule has 1 aromatic heterocycles. The third-order valence-electron chi connectivity index (χ3n) is 6.77. The zero-order chi connectivity index (χ0) is 24.1. The van der Waals surface area contributed by atoms with Crippen LogP contribution in [-0.2, 0) is 9.59 Å². The number of amides is 2. The number of carbonyl (C=O) groups is 3. The largest absolute Gasteiger partial charge is 0.346 e. The van der Waals surface area contributed by atoms with Gasteiger partial charge in [0.1, 0.15) is 11.8 Å². The maximum atomic E-state index is 13.1. The summed E-state index contributed by atoms with van der Waals surface area (Å²) in [5.74, 6) is -0.561. The van der Waals surface area contributed by atoms with Gasteiger partial charge in [-0.1, -0.05) is 31.4 Å². The molecule has 1 aromatic carbocycles. The standard InChI is InChI=1S/C25H33N5O3S/c1-18(16-31)26-23(33)25(10-4-3-5-11-25)28-22(32)20-8-6-19(7-9-20)21-17-34-24(27-21)30-14-12-29(2)13-15-30/h6-9,16-18H,3-5,10-15H2,1-2H3,(H,26,33)(H,28,32)/t18-/m0/s1. The maximum absolute atomic E-state index is 13.1. The normalized spacial score (nSPS) is 19.3. The highest BCUT2D eigenvalue weighted by Crippen LogP contribution is 2.30. The molecule has 1 saturated heterocycles. The van der Waals surface area contributed by atoms with Crippen LogP contribution in [0.15, 0.2) is 29.6 Å². The molecular weight excluding hydrogens is 450 g/mol. The molecular formula is C25H33N5O3S. The summed E-state index contributed by atoms with van der Waals surface area (Å²) in [4.78, 5) is 46.5. The van der Waals surface area contributed by atoms with E-state index in [0.717, 1.165) is 61.8 Å². The second kappa shape index (κ2) is 10.7. The molecule has 0 radical (unpaired) electrons. The summed E-state index contributed by atoms with van der Waals surface area (Å²) in [6.45, 7) is 5.65. The van der Waals surface area contributed by atoms with Gasteiger partial charge in [-0.15, -0.1) is 11.3 Å². The minimum Gasteiger partial charge on any atom is -0.346 e. The first kappa shape index (κ1) is 24.3. The van der Waals surface area contributed by atoms with Crippen molar-refractivity contribution in [1.29, 1.82) is 0 Å². The van der Waals surface area contributed by atoms with E-state index >= 15 is 0 Å². The zero-order valence-electron chi connectivity index (χ0n) is 19.9. The molecule has 1 aliphatic carbocycles. The number of benzene rings is 1. The van der Waals surface area contributed by atoms with Gasteiger partial charge in [0.15, 0.2) is 5.13 Å². The van der Waals surface area contributed by atoms with E-state index in [1.807, 2.05) is 12.1 Å². The average Bonchev–Trinajstić information content (AvgIpc) is 3.35. The Bertz CT molecular complexity index is 1010. The van der Waals surface area contributed by atoms with E-state index in [2.05, 4.69) is 32.9 Å². The monoisotopic (exact) mass is 483 g/mol. The van der Waals surface area contributed by atoms with Crippen LogP contribution < -0.4 is 15.5 Å². The van der Waals surface area contributed by atoms with Crippen LogP contribution in [0.4, 0.5) is 5.13 Å². The van der Waals surface area contributed by atoms with E-state index in [4.69, 9.17) is 4.98 Å². The molecule has 2 aliphatic rings. The molecule has 1 atom stereocenters. The molecule has 0 unspecified atom stereocenters. The van der Waals surface area contributed by atoms with Crippen LogP contribution in [0, 0.1) is 0 Å². The van der Waals surface area contributed by atoms with Gasteiger partial charge in [-0.05, 0) is 38.9 Å². The van der Waals surface area contributed by atoms with Gasteiger partial charge >= 0.3 is 0 Å². The van der Waals surface area contributed by atoms with Crippen molar-refractivity contribution in [1.82, 2.24) is 20.5 Å². The second-order valence-electron chi connectivity index (χ2n) is 9.38. The van der Waals surface area contributed by atoms with Gasteiger partial charge in [-0.25, -0.2) is 4.98 Å². The van der Waals surface area contributed by atoms with Crippen LogP contribution >= 0.6 is 11.3 Å². The maximum Gasteiger partial charge on any atom is 0.252 e. The topological polar surface area (TPSA) is 94.6 Å². The molecule has 34 heavy (non-hydrogen) atoms. The van der Waals surface area contributed by atoms with Crippen LogP contribution in [0.25, 0.3) is 11.3 Å². The van der Waals surface area contributed by atoms with Gasteiger partial charge in [0, 0.05) is 42.7 Å². The number of nitrogens with one attached hydrogen (secondary N) is 2. The second-order valence-corrected chi connectivity index (χ2v) is 10.2. The number of hydrogen-bond acceptors (Lipinski definition) is 7. The van der Waals surface area contributed by atoms with E-state index in [9.17, 15) is 14.4 Å². The Labute approximate surface area is 204 Å². The first-order valence-electron chi connectivity index (χ1n) is 12.0. The Morgan fingerprint density at radius 2 is 1.76 bits per heavy atom. The molecule has 0 spiro atoms. The minimum atomic E-state index is -0.975. The van der Waals surface area contributed by atoms with Gasteiger partial charge in [0.25, 0.3) is 5.91 Å². The van der Waals surface area contributed by atoms with Gasteiger partial charge in [-0.2, -0.15) is 0 Å². The number of nitrogens with zero attached hydrogens (tertiary/aromatic N) is 3. The highest BCUT2D eigenvalue weighted by molar-refractivity contribution is 7.14. The number of aldehydes is 1. The van der Waals surface area contributed by atoms with Crippen molar-refractivity contribution in [3.63, 3.8) is 0 Å². The molecule has 0 bridgehead atoms. The molecule has 8 nitrogen and oxygen atoms in total. The van der Waals surface area contributed by atoms with Crippen LogP contribution in [0.1, 0.15) is 49.4 Å². The Morgan fingerprint density at radius 3 is 2.41 bits per heavy atom. The van der Waals surface area contributed by atoms with Crippen LogP contribution in [0.3, 0.4) is 0 Å². The fraction of sp³-hybridized carbons (Fsp3) is 0.520. The number of anilines is 1. The van der Waals surface area contributed by atoms with Crippen LogP contribution in [0.5, 0.6) is 0 Å². The molecule has 2 fully saturated rings. The number of rotatable bonds is 7. The lowest BCUT2D eigenvalue weighted by molar-refractivity contribution is -0.130. The molecule has 182 valence electrons. The summed E-state index contributed by atoms with van der Waals surface area (Å²) in [5, 5.41) is 8.80. The lowest BCUT2D eigenvalue weighted by atomic mass is 9.80. The molecule has 2 heterocycles. The smallest absolute Gasteiger partial charge is 0.252 e. The summed E-state index contributed by atoms with van der Waals surface area (Å²) < 4.78 is 0. The fourth-order valence-electron chi connectivity index (χ4n) is 4.56. The molecule has 2 aromatic rings. The summed E-state index contributed by atoms with van der Waals surface area (Å²) in [7, 11) is 2.14. The van der Waals surface area contributed by atoms with Crippen molar-refractivity contribution in [3.05, 3.63) is 35.2 Å². The van der Waals surface area contributed by atoms with Crippen molar-refractivity contribution in [2.75, 3.05) is 38.1 Å². The summed E-state index contributed by atoms with van der Waals surface area (Å²) in [6.07, 6.45) is 4.60. The minimum absolute atomic E-state index is 0.279. The zero-order valence-corrected chi connectivity index (χ0v) is 20.7. The number of aromatic nitrogens is 1. The third kappa shape index (κ3) is 5.47. The van der Waals surface area contributed by atoms with Crippen molar-refractivity contribution in [3.8, 4) is 11.3 Å². The predicted molar refractivity (Wildman–Crippen MR) is 134 cm³/mol. The average molecular weight is 484 g/mol. The molecule has 1 aliphatic heterocycles. The van der Waals surface area contributed by atoms with E-state index < -0.39 is 11.6 Å². The van der Waals surface area contributed by atoms with Gasteiger partial charge in [0.05, 0.1) is 11.7 Å². The predicted octanol–water partition coefficient (Wildman–Crippen LogP) is 2.70. The van der Waals surface area contributed by atoms with E-state index in [1.54, 1.807) is 30.4 Å². The Hall–Kier alpha value is -2.78. The van der Waals surface area contributed by atoms with Gasteiger partial charge < -0.3 is 25.2 Å². The number of likely N-dealkylation sites (N-methyl/N-ethyl adjacent to an activating group) is 1. The molecule has 9 heteroatoms. The number of carbonyl (C=O) groups excluding carboxylic acids is 3. The lowest BCUT2D eigenvalue weighted by Crippen LogP contribution is -2.61. The summed E-state index contributed by atoms with van der Waals surface area (Å²) in [5.41, 5.74) is 1.38. The highest BCUT2D eigenvalue weighted by Gasteiger charge is 2.41. The van der Waals surface area contributed by atoms with Crippen molar-refractivity contribution < 1.29 is 14.4 Å². The van der Waals surface area contributed by atoms with E-state index in [0.29, 0.717) is 24.7 Å². The molecule has 2 N–H and O–H groups in total. The number of hydrogen-bond donors (Lipinski definition) is 2. The lowest BCUT2D eigenvalue weighted by Gasteiger charge is -2.37. The Kier molecular flexibility index (Phi) is 7.63. The number of thiazole rings is 1. The highest BCUT2D eigenvalue weighted by atomic mass is 32.1. The van der Waals surface area contributed by atoms with Gasteiger partial charge in [-0.3, -0.25) is 9.59 Å². The SMILES string of the molecule is C[C@@H](C=O)NC(=O)C1(NC(=O)c2ccc(-c3csc(N4CCN(C)CC4)n3)cc2)CCCCC1. The molecule has 4 rings (SSSR count). The first-order valence-corrected chi connectivity index (χ1v) is 12.9. The summed E-state index contributed by atoms with van der Waals surface area (Å²) >= 11 is 1.64. The van der Waals surface area contributed by atoms with E-state index in [1.165, 1.54) is 0 Å².